The number of hydrogen-bond acceptors (Lipinski definition) is 5. The number of fused-ring (bicyclic) bond motifs is 1. The molecule has 0 radical (unpaired) electrons. The van der Waals surface area contributed by atoms with Gasteiger partial charge in [0, 0.05) is 23.7 Å². The van der Waals surface area contributed by atoms with Gasteiger partial charge in [-0.3, -0.25) is 19.5 Å². The van der Waals surface area contributed by atoms with Gasteiger partial charge in [-0.2, -0.15) is 0 Å². The Hall–Kier alpha value is -3.94. The van der Waals surface area contributed by atoms with Crippen LogP contribution in [0.2, 0.25) is 0 Å². The van der Waals surface area contributed by atoms with Crippen LogP contribution in [0.1, 0.15) is 29.8 Å². The molecule has 2 aromatic heterocycles. The van der Waals surface area contributed by atoms with Crippen LogP contribution in [0.15, 0.2) is 62.6 Å². The molecule has 2 N–H and O–H groups in total. The molecule has 4 rings (SSSR count). The molecule has 0 bridgehead atoms. The van der Waals surface area contributed by atoms with Crippen LogP contribution in [-0.2, 0) is 13.0 Å². The number of H-pyrrole nitrogens is 1. The van der Waals surface area contributed by atoms with Gasteiger partial charge in [-0.15, -0.1) is 0 Å². The highest BCUT2D eigenvalue weighted by Crippen LogP contribution is 2.23. The van der Waals surface area contributed by atoms with Crippen molar-refractivity contribution >= 4 is 22.7 Å². The second-order valence-corrected chi connectivity index (χ2v) is 6.82. The molecule has 0 aliphatic carbocycles. The van der Waals surface area contributed by atoms with Gasteiger partial charge in [0.1, 0.15) is 5.69 Å². The minimum absolute atomic E-state index is 0.199. The Labute approximate surface area is 171 Å². The van der Waals surface area contributed by atoms with Gasteiger partial charge in [0.05, 0.1) is 10.9 Å². The second kappa shape index (κ2) is 7.82. The van der Waals surface area contributed by atoms with E-state index in [2.05, 4.69) is 22.4 Å². The molecule has 0 unspecified atom stereocenters. The van der Waals surface area contributed by atoms with Crippen LogP contribution in [0.4, 0.5) is 5.88 Å². The number of anilines is 1. The molecule has 2 heterocycles. The van der Waals surface area contributed by atoms with Gasteiger partial charge >= 0.3 is 5.69 Å². The molecule has 8 nitrogen and oxygen atoms in total. The normalized spacial score (nSPS) is 11.0. The van der Waals surface area contributed by atoms with Crippen LogP contribution in [0.5, 0.6) is 0 Å². The average molecular weight is 404 g/mol. The lowest BCUT2D eigenvalue weighted by atomic mass is 10.1. The van der Waals surface area contributed by atoms with E-state index >= 15 is 0 Å². The van der Waals surface area contributed by atoms with Crippen LogP contribution < -0.4 is 16.6 Å². The standard InChI is InChI=1S/C22H20N4O4/c1-3-13-5-7-14(8-6-13)17-12-19(30-25-17)24-20(27)15-9-10-16-18(11-15)23-22(29)26(4-2)21(16)28/h5-12H,3-4H2,1-2H3,(H,23,29)(H,24,27). The van der Waals surface area contributed by atoms with Crippen molar-refractivity contribution in [2.24, 2.45) is 0 Å². The molecule has 4 aromatic rings. The van der Waals surface area contributed by atoms with Gasteiger partial charge in [0.25, 0.3) is 11.5 Å². The number of aryl methyl sites for hydroxylation is 1. The Balaban J connectivity index is 1.58. The smallest absolute Gasteiger partial charge is 0.328 e. The second-order valence-electron chi connectivity index (χ2n) is 6.82. The number of rotatable bonds is 5. The molecule has 0 spiro atoms. The molecular weight excluding hydrogens is 384 g/mol. The first kappa shape index (κ1) is 19.4. The monoisotopic (exact) mass is 404 g/mol. The summed E-state index contributed by atoms with van der Waals surface area (Å²) >= 11 is 0. The van der Waals surface area contributed by atoms with Gasteiger partial charge < -0.3 is 9.51 Å². The number of amides is 1. The van der Waals surface area contributed by atoms with E-state index in [1.54, 1.807) is 13.0 Å². The minimum atomic E-state index is -0.512. The van der Waals surface area contributed by atoms with Crippen molar-refractivity contribution in [3.63, 3.8) is 0 Å². The van der Waals surface area contributed by atoms with Gasteiger partial charge in [0.2, 0.25) is 5.88 Å². The van der Waals surface area contributed by atoms with E-state index in [-0.39, 0.29) is 18.0 Å². The molecule has 2 aromatic carbocycles. The van der Waals surface area contributed by atoms with Crippen molar-refractivity contribution in [2.45, 2.75) is 26.8 Å². The summed E-state index contributed by atoms with van der Waals surface area (Å²) < 4.78 is 6.33. The lowest BCUT2D eigenvalue weighted by molar-refractivity contribution is 0.102. The third kappa shape index (κ3) is 3.55. The maximum Gasteiger partial charge on any atom is 0.328 e. The SMILES string of the molecule is CCc1ccc(-c2cc(NC(=O)c3ccc4c(=O)n(CC)c(=O)[nH]c4c3)on2)cc1. The van der Waals surface area contributed by atoms with Crippen molar-refractivity contribution in [3.05, 3.63) is 80.5 Å². The maximum absolute atomic E-state index is 12.6. The number of nitrogens with one attached hydrogen (secondary N) is 2. The third-order valence-corrected chi connectivity index (χ3v) is 4.97. The Morgan fingerprint density at radius 3 is 2.57 bits per heavy atom. The first-order valence-electron chi connectivity index (χ1n) is 9.64. The van der Waals surface area contributed by atoms with E-state index in [1.165, 1.54) is 23.8 Å². The van der Waals surface area contributed by atoms with Crippen molar-refractivity contribution in [1.29, 1.82) is 0 Å². The highest BCUT2D eigenvalue weighted by molar-refractivity contribution is 6.05. The average Bonchev–Trinajstić information content (AvgIpc) is 3.22. The summed E-state index contributed by atoms with van der Waals surface area (Å²) in [6.45, 7) is 4.07. The summed E-state index contributed by atoms with van der Waals surface area (Å²) in [5, 5.41) is 6.98. The van der Waals surface area contributed by atoms with Crippen LogP contribution in [0, 0.1) is 0 Å². The number of carbonyl (C=O) groups is 1. The first-order chi connectivity index (χ1) is 14.5. The summed E-state index contributed by atoms with van der Waals surface area (Å²) in [4.78, 5) is 39.6. The number of hydrogen-bond donors (Lipinski definition) is 2. The molecule has 152 valence electrons. The van der Waals surface area contributed by atoms with E-state index in [0.717, 1.165) is 16.6 Å². The number of aromatic amines is 1. The first-order valence-corrected chi connectivity index (χ1v) is 9.64. The van der Waals surface area contributed by atoms with Crippen molar-refractivity contribution < 1.29 is 9.32 Å². The largest absolute Gasteiger partial charge is 0.338 e. The van der Waals surface area contributed by atoms with E-state index < -0.39 is 17.2 Å². The molecule has 0 atom stereocenters. The Morgan fingerprint density at radius 2 is 1.87 bits per heavy atom. The molecule has 0 saturated heterocycles. The molecule has 1 amide bonds. The molecule has 0 aliphatic heterocycles. The lowest BCUT2D eigenvalue weighted by Crippen LogP contribution is -2.34. The minimum Gasteiger partial charge on any atom is -0.338 e. The van der Waals surface area contributed by atoms with Crippen molar-refractivity contribution in [2.75, 3.05) is 5.32 Å². The summed E-state index contributed by atoms with van der Waals surface area (Å²) in [6, 6.07) is 14.1. The highest BCUT2D eigenvalue weighted by atomic mass is 16.5. The zero-order valence-electron chi connectivity index (χ0n) is 16.6. The number of nitrogens with zero attached hydrogens (tertiary/aromatic N) is 2. The fourth-order valence-electron chi connectivity index (χ4n) is 3.25. The number of carbonyl (C=O) groups excluding carboxylic acids is 1. The maximum atomic E-state index is 12.6. The summed E-state index contributed by atoms with van der Waals surface area (Å²) in [6.07, 6.45) is 0.948. The Bertz CT molecular complexity index is 1350. The van der Waals surface area contributed by atoms with Crippen LogP contribution >= 0.6 is 0 Å². The van der Waals surface area contributed by atoms with Crippen LogP contribution in [0.3, 0.4) is 0 Å². The Kier molecular flexibility index (Phi) is 5.05. The Morgan fingerprint density at radius 1 is 1.10 bits per heavy atom. The predicted octanol–water partition coefficient (Wildman–Crippen LogP) is 3.18. The van der Waals surface area contributed by atoms with Crippen molar-refractivity contribution in [1.82, 2.24) is 14.7 Å². The summed E-state index contributed by atoms with van der Waals surface area (Å²) in [7, 11) is 0. The van der Waals surface area contributed by atoms with Gasteiger partial charge in [0.15, 0.2) is 0 Å². The van der Waals surface area contributed by atoms with E-state index in [1.807, 2.05) is 24.3 Å². The summed E-state index contributed by atoms with van der Waals surface area (Å²) in [5.41, 5.74) is 2.38. The third-order valence-electron chi connectivity index (χ3n) is 4.97. The quantitative estimate of drug-likeness (QED) is 0.531. The fourth-order valence-corrected chi connectivity index (χ4v) is 3.25. The molecule has 8 heteroatoms. The van der Waals surface area contributed by atoms with Crippen LogP contribution in [-0.4, -0.2) is 20.6 Å². The highest BCUT2D eigenvalue weighted by Gasteiger charge is 2.14. The topological polar surface area (TPSA) is 110 Å². The van der Waals surface area contributed by atoms with Gasteiger partial charge in [-0.1, -0.05) is 36.3 Å². The van der Waals surface area contributed by atoms with Crippen LogP contribution in [0.25, 0.3) is 22.2 Å². The molecule has 0 saturated carbocycles. The van der Waals surface area contributed by atoms with Gasteiger partial charge in [-0.25, -0.2) is 4.79 Å². The lowest BCUT2D eigenvalue weighted by Gasteiger charge is -2.05. The zero-order valence-corrected chi connectivity index (χ0v) is 16.6. The molecule has 0 aliphatic rings. The van der Waals surface area contributed by atoms with E-state index in [0.29, 0.717) is 16.6 Å². The molecule has 0 fully saturated rings. The number of benzene rings is 2. The fraction of sp³-hybridized carbons (Fsp3) is 0.182. The van der Waals surface area contributed by atoms with Crippen molar-refractivity contribution in [3.8, 4) is 11.3 Å². The predicted molar refractivity (Wildman–Crippen MR) is 114 cm³/mol. The van der Waals surface area contributed by atoms with E-state index in [4.69, 9.17) is 4.52 Å². The summed E-state index contributed by atoms with van der Waals surface area (Å²) in [5.74, 6) is -0.244. The zero-order chi connectivity index (χ0) is 21.3. The number of aromatic nitrogens is 3. The van der Waals surface area contributed by atoms with E-state index in [9.17, 15) is 14.4 Å². The molecular formula is C22H20N4O4. The molecule has 30 heavy (non-hydrogen) atoms. The van der Waals surface area contributed by atoms with Gasteiger partial charge in [-0.05, 0) is 37.1 Å².